The molecule has 0 aliphatic rings. The smallest absolute Gasteiger partial charge is 0.263 e. The molecule has 0 saturated carbocycles. The van der Waals surface area contributed by atoms with Crippen LogP contribution in [0.3, 0.4) is 0 Å². The van der Waals surface area contributed by atoms with Gasteiger partial charge in [0, 0.05) is 30.1 Å². The highest BCUT2D eigenvalue weighted by Crippen LogP contribution is 2.28. The van der Waals surface area contributed by atoms with Crippen molar-refractivity contribution in [2.24, 2.45) is 0 Å². The van der Waals surface area contributed by atoms with Crippen molar-refractivity contribution in [3.05, 3.63) is 50.5 Å². The Labute approximate surface area is 165 Å². The predicted octanol–water partition coefficient (Wildman–Crippen LogP) is 4.02. The number of halogens is 1. The fraction of sp³-hybridized carbons (Fsp3) is 0.294. The number of amides is 1. The maximum Gasteiger partial charge on any atom is 0.263 e. The van der Waals surface area contributed by atoms with E-state index in [4.69, 9.17) is 23.8 Å². The van der Waals surface area contributed by atoms with Gasteiger partial charge in [0.2, 0.25) is 0 Å². The summed E-state index contributed by atoms with van der Waals surface area (Å²) >= 11 is 12.5. The van der Waals surface area contributed by atoms with Crippen LogP contribution < -0.4 is 5.32 Å². The standard InChI is InChI=1S/C17H18ClN5OS2/c1-3-23-13(21-22-17(23)25)8-9-19-15(24)14-10(2)20-16(26-14)11-4-6-12(18)7-5-11/h4-7H,3,8-9H2,1-2H3,(H,19,24)(H,22,25). The third-order valence-corrected chi connectivity index (χ3v) is 5.65. The summed E-state index contributed by atoms with van der Waals surface area (Å²) in [5.74, 6) is 0.707. The minimum Gasteiger partial charge on any atom is -0.351 e. The molecule has 0 unspecified atom stereocenters. The summed E-state index contributed by atoms with van der Waals surface area (Å²) in [6, 6.07) is 7.42. The van der Waals surface area contributed by atoms with Crippen LogP contribution in [0.2, 0.25) is 5.02 Å². The fourth-order valence-electron chi connectivity index (χ4n) is 2.56. The number of thiazole rings is 1. The summed E-state index contributed by atoms with van der Waals surface area (Å²) in [7, 11) is 0. The zero-order chi connectivity index (χ0) is 18.7. The van der Waals surface area contributed by atoms with E-state index in [1.807, 2.05) is 42.7 Å². The SMILES string of the molecule is CCn1c(CCNC(=O)c2sc(-c3ccc(Cl)cc3)nc2C)n[nH]c1=S. The quantitative estimate of drug-likeness (QED) is 0.605. The van der Waals surface area contributed by atoms with Gasteiger partial charge in [0.05, 0.1) is 5.69 Å². The van der Waals surface area contributed by atoms with E-state index in [1.54, 1.807) is 0 Å². The summed E-state index contributed by atoms with van der Waals surface area (Å²) in [6.07, 6.45) is 0.606. The molecule has 2 aromatic heterocycles. The van der Waals surface area contributed by atoms with E-state index in [2.05, 4.69) is 20.5 Å². The molecule has 0 aliphatic heterocycles. The highest BCUT2D eigenvalue weighted by atomic mass is 35.5. The van der Waals surface area contributed by atoms with Gasteiger partial charge in [-0.25, -0.2) is 4.98 Å². The van der Waals surface area contributed by atoms with Crippen LogP contribution in [-0.2, 0) is 13.0 Å². The molecule has 26 heavy (non-hydrogen) atoms. The Morgan fingerprint density at radius 2 is 2.12 bits per heavy atom. The maximum absolute atomic E-state index is 12.5. The number of carbonyl (C=O) groups is 1. The first-order chi connectivity index (χ1) is 12.5. The molecule has 1 aromatic carbocycles. The van der Waals surface area contributed by atoms with Crippen molar-refractivity contribution >= 4 is 41.1 Å². The van der Waals surface area contributed by atoms with Gasteiger partial charge in [-0.05, 0) is 38.2 Å². The predicted molar refractivity (Wildman–Crippen MR) is 106 cm³/mol. The molecule has 0 aliphatic carbocycles. The van der Waals surface area contributed by atoms with Crippen molar-refractivity contribution in [1.29, 1.82) is 0 Å². The van der Waals surface area contributed by atoms with Gasteiger partial charge >= 0.3 is 0 Å². The van der Waals surface area contributed by atoms with Crippen LogP contribution in [0.15, 0.2) is 24.3 Å². The number of nitrogens with zero attached hydrogens (tertiary/aromatic N) is 3. The van der Waals surface area contributed by atoms with Crippen molar-refractivity contribution in [3.8, 4) is 10.6 Å². The van der Waals surface area contributed by atoms with Gasteiger partial charge in [-0.3, -0.25) is 9.89 Å². The van der Waals surface area contributed by atoms with Gasteiger partial charge in [0.1, 0.15) is 15.7 Å². The van der Waals surface area contributed by atoms with Crippen LogP contribution in [0, 0.1) is 11.7 Å². The summed E-state index contributed by atoms with van der Waals surface area (Å²) in [5, 5.41) is 11.4. The maximum atomic E-state index is 12.5. The number of hydrogen-bond acceptors (Lipinski definition) is 5. The lowest BCUT2D eigenvalue weighted by atomic mass is 10.2. The lowest BCUT2D eigenvalue weighted by molar-refractivity contribution is 0.0957. The largest absolute Gasteiger partial charge is 0.351 e. The molecule has 0 radical (unpaired) electrons. The van der Waals surface area contributed by atoms with Gasteiger partial charge in [-0.1, -0.05) is 23.7 Å². The zero-order valence-corrected chi connectivity index (χ0v) is 16.8. The lowest BCUT2D eigenvalue weighted by Gasteiger charge is -2.05. The van der Waals surface area contributed by atoms with Gasteiger partial charge < -0.3 is 9.88 Å². The molecule has 0 spiro atoms. The number of aromatic nitrogens is 4. The van der Waals surface area contributed by atoms with Crippen molar-refractivity contribution in [3.63, 3.8) is 0 Å². The number of hydrogen-bond donors (Lipinski definition) is 2. The first-order valence-corrected chi connectivity index (χ1v) is 9.75. The Morgan fingerprint density at radius 1 is 1.38 bits per heavy atom. The van der Waals surface area contributed by atoms with Crippen molar-refractivity contribution in [1.82, 2.24) is 25.1 Å². The van der Waals surface area contributed by atoms with Gasteiger partial charge in [0.15, 0.2) is 4.77 Å². The minimum absolute atomic E-state index is 0.127. The Kier molecular flexibility index (Phi) is 5.85. The molecule has 2 N–H and O–H groups in total. The van der Waals surface area contributed by atoms with E-state index >= 15 is 0 Å². The number of benzene rings is 1. The molecule has 0 atom stereocenters. The first kappa shape index (κ1) is 18.8. The van der Waals surface area contributed by atoms with Crippen LogP contribution in [0.25, 0.3) is 10.6 Å². The molecule has 3 aromatic rings. The minimum atomic E-state index is -0.127. The lowest BCUT2D eigenvalue weighted by Crippen LogP contribution is -2.26. The molecule has 0 fully saturated rings. The van der Waals surface area contributed by atoms with Gasteiger partial charge in [-0.2, -0.15) is 5.10 Å². The molecule has 1 amide bonds. The Bertz CT molecular complexity index is 974. The number of carbonyl (C=O) groups excluding carboxylic acids is 1. The Balaban J connectivity index is 1.66. The molecule has 0 saturated heterocycles. The summed E-state index contributed by atoms with van der Waals surface area (Å²) in [5.41, 5.74) is 1.66. The molecule has 2 heterocycles. The Morgan fingerprint density at radius 3 is 2.81 bits per heavy atom. The fourth-order valence-corrected chi connectivity index (χ4v) is 3.95. The highest BCUT2D eigenvalue weighted by Gasteiger charge is 2.16. The summed E-state index contributed by atoms with van der Waals surface area (Å²) < 4.78 is 2.51. The average Bonchev–Trinajstić information content (AvgIpc) is 3.18. The molecular weight excluding hydrogens is 390 g/mol. The molecule has 9 heteroatoms. The van der Waals surface area contributed by atoms with Crippen molar-refractivity contribution in [2.75, 3.05) is 6.54 Å². The van der Waals surface area contributed by atoms with Crippen LogP contribution in [-0.4, -0.2) is 32.2 Å². The van der Waals surface area contributed by atoms with E-state index in [1.165, 1.54) is 11.3 Å². The van der Waals surface area contributed by atoms with Crippen LogP contribution in [0.4, 0.5) is 0 Å². The topological polar surface area (TPSA) is 75.6 Å². The van der Waals surface area contributed by atoms with E-state index in [9.17, 15) is 4.79 Å². The molecule has 136 valence electrons. The van der Waals surface area contributed by atoms with Crippen molar-refractivity contribution in [2.45, 2.75) is 26.8 Å². The highest BCUT2D eigenvalue weighted by molar-refractivity contribution is 7.71. The molecule has 0 bridgehead atoms. The van der Waals surface area contributed by atoms with Gasteiger partial charge in [0.25, 0.3) is 5.91 Å². The second-order valence-corrected chi connectivity index (χ2v) is 7.46. The normalized spacial score (nSPS) is 10.9. The molecule has 3 rings (SSSR count). The monoisotopic (exact) mass is 407 g/mol. The van der Waals surface area contributed by atoms with E-state index in [0.29, 0.717) is 33.3 Å². The van der Waals surface area contributed by atoms with E-state index in [0.717, 1.165) is 22.9 Å². The number of H-pyrrole nitrogens is 1. The number of rotatable bonds is 6. The van der Waals surface area contributed by atoms with Crippen LogP contribution in [0.5, 0.6) is 0 Å². The first-order valence-electron chi connectivity index (χ1n) is 8.15. The average molecular weight is 408 g/mol. The van der Waals surface area contributed by atoms with Gasteiger partial charge in [-0.15, -0.1) is 11.3 Å². The summed E-state index contributed by atoms with van der Waals surface area (Å²) in [4.78, 5) is 17.6. The van der Waals surface area contributed by atoms with Crippen molar-refractivity contribution < 1.29 is 4.79 Å². The van der Waals surface area contributed by atoms with Crippen LogP contribution in [0.1, 0.15) is 28.1 Å². The Hall–Kier alpha value is -2.03. The zero-order valence-electron chi connectivity index (χ0n) is 14.4. The van der Waals surface area contributed by atoms with Crippen LogP contribution >= 0.6 is 35.2 Å². The third kappa shape index (κ3) is 4.03. The second-order valence-electron chi connectivity index (χ2n) is 5.64. The number of aryl methyl sites for hydroxylation is 1. The van der Waals surface area contributed by atoms with E-state index < -0.39 is 0 Å². The second kappa shape index (κ2) is 8.11. The number of aromatic amines is 1. The van der Waals surface area contributed by atoms with E-state index in [-0.39, 0.29) is 5.91 Å². The number of nitrogens with one attached hydrogen (secondary N) is 2. The molecular formula is C17H18ClN5OS2. The molecule has 6 nitrogen and oxygen atoms in total. The third-order valence-electron chi connectivity index (χ3n) is 3.88. The summed E-state index contributed by atoms with van der Waals surface area (Å²) in [6.45, 7) is 5.07.